The summed E-state index contributed by atoms with van der Waals surface area (Å²) in [6, 6.07) is 10.4. The van der Waals surface area contributed by atoms with Gasteiger partial charge in [-0.25, -0.2) is 4.39 Å². The summed E-state index contributed by atoms with van der Waals surface area (Å²) < 4.78 is 13.5. The minimum Gasteiger partial charge on any atom is -0.256 e. The third kappa shape index (κ3) is 2.23. The van der Waals surface area contributed by atoms with Crippen molar-refractivity contribution < 1.29 is 4.39 Å². The second kappa shape index (κ2) is 4.53. The van der Waals surface area contributed by atoms with Gasteiger partial charge in [0, 0.05) is 17.1 Å². The minimum atomic E-state index is -0.239. The second-order valence-electron chi connectivity index (χ2n) is 3.16. The van der Waals surface area contributed by atoms with Gasteiger partial charge in [-0.05, 0) is 29.8 Å². The lowest BCUT2D eigenvalue weighted by Crippen LogP contribution is -1.88. The maximum atomic E-state index is 13.5. The van der Waals surface area contributed by atoms with Crippen LogP contribution >= 0.6 is 15.9 Å². The van der Waals surface area contributed by atoms with Crippen LogP contribution in [-0.4, -0.2) is 4.98 Å². The summed E-state index contributed by atoms with van der Waals surface area (Å²) >= 11 is 3.36. The molecule has 2 aromatic rings. The number of halogens is 2. The summed E-state index contributed by atoms with van der Waals surface area (Å²) in [7, 11) is 0. The van der Waals surface area contributed by atoms with Crippen LogP contribution in [0.3, 0.4) is 0 Å². The zero-order valence-electron chi connectivity index (χ0n) is 7.95. The van der Waals surface area contributed by atoms with Gasteiger partial charge in [-0.15, -0.1) is 0 Å². The lowest BCUT2D eigenvalue weighted by Gasteiger charge is -2.03. The molecule has 0 fully saturated rings. The molecule has 15 heavy (non-hydrogen) atoms. The lowest BCUT2D eigenvalue weighted by molar-refractivity contribution is 0.630. The fraction of sp³-hybridized carbons (Fsp3) is 0.0833. The molecular formula is C12H9BrFN. The van der Waals surface area contributed by atoms with Crippen molar-refractivity contribution in [3.05, 3.63) is 54.0 Å². The molecule has 76 valence electrons. The van der Waals surface area contributed by atoms with E-state index >= 15 is 0 Å². The highest BCUT2D eigenvalue weighted by atomic mass is 79.9. The van der Waals surface area contributed by atoms with Crippen LogP contribution in [-0.2, 0) is 5.33 Å². The van der Waals surface area contributed by atoms with Crippen LogP contribution in [0.5, 0.6) is 0 Å². The molecule has 1 heterocycles. The molecule has 0 aliphatic heterocycles. The number of pyridine rings is 1. The van der Waals surface area contributed by atoms with Crippen molar-refractivity contribution in [2.75, 3.05) is 0 Å². The zero-order chi connectivity index (χ0) is 10.7. The first-order chi connectivity index (χ1) is 7.31. The quantitative estimate of drug-likeness (QED) is 0.754. The summed E-state index contributed by atoms with van der Waals surface area (Å²) in [6.07, 6.45) is 1.69. The number of benzene rings is 1. The van der Waals surface area contributed by atoms with Gasteiger partial charge in [-0.2, -0.15) is 0 Å². The van der Waals surface area contributed by atoms with Crippen molar-refractivity contribution >= 4 is 15.9 Å². The largest absolute Gasteiger partial charge is 0.256 e. The van der Waals surface area contributed by atoms with E-state index in [2.05, 4.69) is 20.9 Å². The number of nitrogens with zero attached hydrogens (tertiary/aromatic N) is 1. The van der Waals surface area contributed by atoms with Gasteiger partial charge in [0.05, 0.1) is 5.69 Å². The van der Waals surface area contributed by atoms with Gasteiger partial charge in [0.2, 0.25) is 0 Å². The highest BCUT2D eigenvalue weighted by molar-refractivity contribution is 9.08. The Morgan fingerprint density at radius 2 is 2.00 bits per heavy atom. The molecule has 0 saturated carbocycles. The Labute approximate surface area is 96.1 Å². The first kappa shape index (κ1) is 10.3. The molecule has 0 N–H and O–H groups in total. The SMILES string of the molecule is Fc1ccccc1-c1cc(CBr)ccn1. The molecule has 0 atom stereocenters. The van der Waals surface area contributed by atoms with Gasteiger partial charge < -0.3 is 0 Å². The van der Waals surface area contributed by atoms with Crippen molar-refractivity contribution in [1.29, 1.82) is 0 Å². The highest BCUT2D eigenvalue weighted by Crippen LogP contribution is 2.21. The van der Waals surface area contributed by atoms with E-state index in [1.165, 1.54) is 6.07 Å². The summed E-state index contributed by atoms with van der Waals surface area (Å²) in [5, 5.41) is 0.747. The van der Waals surface area contributed by atoms with E-state index in [-0.39, 0.29) is 5.82 Å². The zero-order valence-corrected chi connectivity index (χ0v) is 9.54. The van der Waals surface area contributed by atoms with Gasteiger partial charge in [-0.1, -0.05) is 28.1 Å². The number of aromatic nitrogens is 1. The molecule has 1 aromatic heterocycles. The summed E-state index contributed by atoms with van der Waals surface area (Å²) in [4.78, 5) is 4.16. The third-order valence-electron chi connectivity index (χ3n) is 2.13. The molecule has 0 spiro atoms. The molecular weight excluding hydrogens is 257 g/mol. The fourth-order valence-electron chi connectivity index (χ4n) is 1.37. The Kier molecular flexibility index (Phi) is 3.11. The Morgan fingerprint density at radius 1 is 1.20 bits per heavy atom. The predicted molar refractivity (Wildman–Crippen MR) is 62.3 cm³/mol. The van der Waals surface area contributed by atoms with Crippen molar-refractivity contribution in [2.24, 2.45) is 0 Å². The maximum Gasteiger partial charge on any atom is 0.132 e. The van der Waals surface area contributed by atoms with Crippen LogP contribution in [0, 0.1) is 5.82 Å². The minimum absolute atomic E-state index is 0.239. The normalized spacial score (nSPS) is 10.3. The van der Waals surface area contributed by atoms with E-state index < -0.39 is 0 Å². The van der Waals surface area contributed by atoms with E-state index in [9.17, 15) is 4.39 Å². The van der Waals surface area contributed by atoms with Crippen LogP contribution in [0.1, 0.15) is 5.56 Å². The van der Waals surface area contributed by atoms with Gasteiger partial charge in [0.1, 0.15) is 5.82 Å². The van der Waals surface area contributed by atoms with E-state index in [1.54, 1.807) is 24.4 Å². The molecule has 0 saturated heterocycles. The van der Waals surface area contributed by atoms with Crippen molar-refractivity contribution in [3.63, 3.8) is 0 Å². The number of rotatable bonds is 2. The Morgan fingerprint density at radius 3 is 2.73 bits per heavy atom. The van der Waals surface area contributed by atoms with Crippen LogP contribution in [0.4, 0.5) is 4.39 Å². The number of hydrogen-bond acceptors (Lipinski definition) is 1. The molecule has 0 amide bonds. The molecule has 1 nitrogen and oxygen atoms in total. The van der Waals surface area contributed by atoms with Crippen molar-refractivity contribution in [2.45, 2.75) is 5.33 Å². The van der Waals surface area contributed by atoms with Gasteiger partial charge in [0.15, 0.2) is 0 Å². The smallest absolute Gasteiger partial charge is 0.132 e. The first-order valence-corrected chi connectivity index (χ1v) is 5.69. The van der Waals surface area contributed by atoms with E-state index in [4.69, 9.17) is 0 Å². The fourth-order valence-corrected chi connectivity index (χ4v) is 1.72. The molecule has 0 aliphatic rings. The molecule has 0 radical (unpaired) electrons. The first-order valence-electron chi connectivity index (χ1n) is 4.57. The lowest BCUT2D eigenvalue weighted by atomic mass is 10.1. The highest BCUT2D eigenvalue weighted by Gasteiger charge is 2.05. The standard InChI is InChI=1S/C12H9BrFN/c13-8-9-5-6-15-12(7-9)10-3-1-2-4-11(10)14/h1-7H,8H2. The number of alkyl halides is 1. The molecule has 2 rings (SSSR count). The van der Waals surface area contributed by atoms with E-state index in [0.717, 1.165) is 10.9 Å². The Bertz CT molecular complexity index is 471. The second-order valence-corrected chi connectivity index (χ2v) is 3.72. The van der Waals surface area contributed by atoms with E-state index in [0.29, 0.717) is 11.3 Å². The van der Waals surface area contributed by atoms with Crippen LogP contribution < -0.4 is 0 Å². The van der Waals surface area contributed by atoms with Crippen LogP contribution in [0.25, 0.3) is 11.3 Å². The van der Waals surface area contributed by atoms with Crippen LogP contribution in [0.2, 0.25) is 0 Å². The monoisotopic (exact) mass is 265 g/mol. The summed E-state index contributed by atoms with van der Waals surface area (Å²) in [6.45, 7) is 0. The number of hydrogen-bond donors (Lipinski definition) is 0. The molecule has 0 bridgehead atoms. The molecule has 0 unspecified atom stereocenters. The van der Waals surface area contributed by atoms with E-state index in [1.807, 2.05) is 12.1 Å². The third-order valence-corrected chi connectivity index (χ3v) is 2.78. The average molecular weight is 266 g/mol. The summed E-state index contributed by atoms with van der Waals surface area (Å²) in [5.41, 5.74) is 2.30. The van der Waals surface area contributed by atoms with Crippen molar-refractivity contribution in [3.8, 4) is 11.3 Å². The van der Waals surface area contributed by atoms with Gasteiger partial charge in [0.25, 0.3) is 0 Å². The molecule has 0 aliphatic carbocycles. The van der Waals surface area contributed by atoms with Gasteiger partial charge in [-0.3, -0.25) is 4.98 Å². The van der Waals surface area contributed by atoms with Crippen molar-refractivity contribution in [1.82, 2.24) is 4.98 Å². The van der Waals surface area contributed by atoms with Crippen LogP contribution in [0.15, 0.2) is 42.6 Å². The Balaban J connectivity index is 2.49. The topological polar surface area (TPSA) is 12.9 Å². The predicted octanol–water partition coefficient (Wildman–Crippen LogP) is 3.78. The molecule has 1 aromatic carbocycles. The summed E-state index contributed by atoms with van der Waals surface area (Å²) in [5.74, 6) is -0.239. The Hall–Kier alpha value is -1.22. The maximum absolute atomic E-state index is 13.5. The molecule has 3 heteroatoms. The average Bonchev–Trinajstić information content (AvgIpc) is 2.30. The van der Waals surface area contributed by atoms with Gasteiger partial charge >= 0.3 is 0 Å².